The average Bonchev–Trinajstić information content (AvgIpc) is 2.85. The smallest absolute Gasteiger partial charge is 0.224 e. The van der Waals surface area contributed by atoms with Crippen LogP contribution in [-0.2, 0) is 4.79 Å². The molecule has 98 valence electrons. The Morgan fingerprint density at radius 2 is 1.88 bits per heavy atom. The molecule has 1 saturated carbocycles. The normalized spacial score (nSPS) is 26.8. The second kappa shape index (κ2) is 4.97. The summed E-state index contributed by atoms with van der Waals surface area (Å²) >= 11 is 0. The van der Waals surface area contributed by atoms with Gasteiger partial charge in [0.25, 0.3) is 0 Å². The zero-order valence-electron chi connectivity index (χ0n) is 11.2. The van der Waals surface area contributed by atoms with E-state index in [1.807, 2.05) is 13.8 Å². The van der Waals surface area contributed by atoms with E-state index in [1.54, 1.807) is 0 Å². The minimum atomic E-state index is -0.375. The van der Waals surface area contributed by atoms with Crippen LogP contribution >= 0.6 is 0 Å². The molecule has 2 N–H and O–H groups in total. The Kier molecular flexibility index (Phi) is 3.76. The Balaban J connectivity index is 1.96. The summed E-state index contributed by atoms with van der Waals surface area (Å²) in [6.45, 7) is 4.83. The van der Waals surface area contributed by atoms with Gasteiger partial charge in [0.2, 0.25) is 5.91 Å². The minimum Gasteiger partial charge on any atom is -0.339 e. The molecule has 1 saturated heterocycles. The highest BCUT2D eigenvalue weighted by atomic mass is 16.2. The van der Waals surface area contributed by atoms with Crippen molar-refractivity contribution in [3.05, 3.63) is 0 Å². The Morgan fingerprint density at radius 3 is 2.47 bits per heavy atom. The highest BCUT2D eigenvalue weighted by Gasteiger charge is 2.36. The molecule has 0 aromatic heterocycles. The molecule has 3 heteroatoms. The molecular weight excluding hydrogens is 212 g/mol. The molecule has 1 unspecified atom stereocenters. The second-order valence-electron chi connectivity index (χ2n) is 6.51. The van der Waals surface area contributed by atoms with E-state index in [9.17, 15) is 4.79 Å². The van der Waals surface area contributed by atoms with Gasteiger partial charge < -0.3 is 10.6 Å². The molecule has 1 atom stereocenters. The number of carbonyl (C=O) groups is 1. The molecule has 1 heterocycles. The van der Waals surface area contributed by atoms with Gasteiger partial charge in [-0.1, -0.05) is 12.8 Å². The maximum Gasteiger partial charge on any atom is 0.224 e. The van der Waals surface area contributed by atoms with E-state index in [0.29, 0.717) is 12.5 Å². The highest BCUT2D eigenvalue weighted by molar-refractivity contribution is 5.78. The maximum absolute atomic E-state index is 12.3. The number of amides is 1. The lowest BCUT2D eigenvalue weighted by Gasteiger charge is -2.31. The van der Waals surface area contributed by atoms with E-state index in [0.717, 1.165) is 12.5 Å². The molecular formula is C14H26N2O. The van der Waals surface area contributed by atoms with Gasteiger partial charge in [-0.2, -0.15) is 0 Å². The first kappa shape index (κ1) is 12.9. The molecule has 1 amide bonds. The van der Waals surface area contributed by atoms with Crippen molar-refractivity contribution < 1.29 is 4.79 Å². The van der Waals surface area contributed by atoms with Gasteiger partial charge in [0, 0.05) is 24.5 Å². The summed E-state index contributed by atoms with van der Waals surface area (Å²) in [6, 6.07) is 0.521. The van der Waals surface area contributed by atoms with E-state index in [2.05, 4.69) is 4.90 Å². The van der Waals surface area contributed by atoms with Gasteiger partial charge in [0.05, 0.1) is 0 Å². The Labute approximate surface area is 105 Å². The van der Waals surface area contributed by atoms with Crippen molar-refractivity contribution >= 4 is 5.91 Å². The third kappa shape index (κ3) is 3.21. The number of hydrogen-bond acceptors (Lipinski definition) is 2. The van der Waals surface area contributed by atoms with Crippen molar-refractivity contribution in [1.29, 1.82) is 0 Å². The summed E-state index contributed by atoms with van der Waals surface area (Å²) in [5, 5.41) is 0. The molecule has 0 bridgehead atoms. The number of rotatable bonds is 3. The fourth-order valence-electron chi connectivity index (χ4n) is 3.43. The second-order valence-corrected chi connectivity index (χ2v) is 6.51. The number of nitrogens with zero attached hydrogens (tertiary/aromatic N) is 1. The lowest BCUT2D eigenvalue weighted by molar-refractivity contribution is -0.133. The van der Waals surface area contributed by atoms with Gasteiger partial charge in [0.1, 0.15) is 0 Å². The van der Waals surface area contributed by atoms with Crippen molar-refractivity contribution in [3.8, 4) is 0 Å². The molecule has 0 aromatic carbocycles. The lowest BCUT2D eigenvalue weighted by atomic mass is 9.95. The quantitative estimate of drug-likeness (QED) is 0.820. The van der Waals surface area contributed by atoms with Crippen LogP contribution in [0, 0.1) is 5.92 Å². The summed E-state index contributed by atoms with van der Waals surface area (Å²) in [4.78, 5) is 14.4. The van der Waals surface area contributed by atoms with Gasteiger partial charge in [-0.25, -0.2) is 0 Å². The molecule has 17 heavy (non-hydrogen) atoms. The van der Waals surface area contributed by atoms with Crippen LogP contribution < -0.4 is 5.73 Å². The fraction of sp³-hybridized carbons (Fsp3) is 0.929. The number of hydrogen-bond donors (Lipinski definition) is 1. The van der Waals surface area contributed by atoms with Crippen LogP contribution in [0.2, 0.25) is 0 Å². The van der Waals surface area contributed by atoms with Crippen LogP contribution in [0.5, 0.6) is 0 Å². The number of nitrogens with two attached hydrogens (primary N) is 1. The van der Waals surface area contributed by atoms with E-state index >= 15 is 0 Å². The third-order valence-corrected chi connectivity index (χ3v) is 4.17. The van der Waals surface area contributed by atoms with Gasteiger partial charge in [-0.05, 0) is 45.4 Å². The molecule has 2 fully saturated rings. The molecule has 0 aromatic rings. The topological polar surface area (TPSA) is 46.3 Å². The molecule has 1 aliphatic heterocycles. The Bertz CT molecular complexity index is 276. The maximum atomic E-state index is 12.3. The van der Waals surface area contributed by atoms with Gasteiger partial charge >= 0.3 is 0 Å². The summed E-state index contributed by atoms with van der Waals surface area (Å²) in [5.41, 5.74) is 5.58. The molecule has 3 nitrogen and oxygen atoms in total. The zero-order chi connectivity index (χ0) is 12.5. The van der Waals surface area contributed by atoms with E-state index < -0.39 is 0 Å². The summed E-state index contributed by atoms with van der Waals surface area (Å²) in [6.07, 6.45) is 8.22. The monoisotopic (exact) mass is 238 g/mol. The average molecular weight is 238 g/mol. The van der Waals surface area contributed by atoms with Gasteiger partial charge in [-0.3, -0.25) is 4.79 Å². The molecule has 0 radical (unpaired) electrons. The third-order valence-electron chi connectivity index (χ3n) is 4.17. The first-order valence-corrected chi connectivity index (χ1v) is 7.06. The first-order chi connectivity index (χ1) is 7.97. The SMILES string of the molecule is CC(C)(N)CC(=O)N1CCCC1C1CCCC1. The predicted molar refractivity (Wildman–Crippen MR) is 69.6 cm³/mol. The van der Waals surface area contributed by atoms with E-state index in [4.69, 9.17) is 5.73 Å². The van der Waals surface area contributed by atoms with Crippen molar-refractivity contribution in [3.63, 3.8) is 0 Å². The molecule has 0 spiro atoms. The van der Waals surface area contributed by atoms with E-state index in [-0.39, 0.29) is 11.4 Å². The zero-order valence-corrected chi connectivity index (χ0v) is 11.2. The summed E-state index contributed by atoms with van der Waals surface area (Å²) in [5.74, 6) is 1.04. The van der Waals surface area contributed by atoms with Crippen molar-refractivity contribution in [2.75, 3.05) is 6.54 Å². The number of likely N-dealkylation sites (tertiary alicyclic amines) is 1. The summed E-state index contributed by atoms with van der Waals surface area (Å²) in [7, 11) is 0. The molecule has 1 aliphatic carbocycles. The standard InChI is InChI=1S/C14H26N2O/c1-14(2,15)10-13(17)16-9-5-8-12(16)11-6-3-4-7-11/h11-12H,3-10,15H2,1-2H3. The largest absolute Gasteiger partial charge is 0.339 e. The van der Waals surface area contributed by atoms with Crippen LogP contribution in [0.3, 0.4) is 0 Å². The lowest BCUT2D eigenvalue weighted by Crippen LogP contribution is -2.44. The minimum absolute atomic E-state index is 0.270. The number of carbonyl (C=O) groups excluding carboxylic acids is 1. The fourth-order valence-corrected chi connectivity index (χ4v) is 3.43. The molecule has 2 rings (SSSR count). The van der Waals surface area contributed by atoms with E-state index in [1.165, 1.54) is 38.5 Å². The van der Waals surface area contributed by atoms with Crippen molar-refractivity contribution in [2.45, 2.75) is 70.4 Å². The van der Waals surface area contributed by atoms with Crippen LogP contribution in [0.25, 0.3) is 0 Å². The van der Waals surface area contributed by atoms with Crippen LogP contribution in [0.1, 0.15) is 58.8 Å². The highest BCUT2D eigenvalue weighted by Crippen LogP contribution is 2.35. The van der Waals surface area contributed by atoms with Gasteiger partial charge in [-0.15, -0.1) is 0 Å². The van der Waals surface area contributed by atoms with Crippen LogP contribution in [0.4, 0.5) is 0 Å². The first-order valence-electron chi connectivity index (χ1n) is 7.06. The van der Waals surface area contributed by atoms with Crippen molar-refractivity contribution in [1.82, 2.24) is 4.90 Å². The van der Waals surface area contributed by atoms with Crippen LogP contribution in [-0.4, -0.2) is 28.9 Å². The Hall–Kier alpha value is -0.570. The Morgan fingerprint density at radius 1 is 1.24 bits per heavy atom. The predicted octanol–water partition coefficient (Wildman–Crippen LogP) is 2.29. The van der Waals surface area contributed by atoms with Crippen molar-refractivity contribution in [2.24, 2.45) is 11.7 Å². The van der Waals surface area contributed by atoms with Crippen LogP contribution in [0.15, 0.2) is 0 Å². The summed E-state index contributed by atoms with van der Waals surface area (Å²) < 4.78 is 0. The molecule has 2 aliphatic rings. The van der Waals surface area contributed by atoms with Gasteiger partial charge in [0.15, 0.2) is 0 Å².